The van der Waals surface area contributed by atoms with Crippen molar-refractivity contribution in [3.05, 3.63) is 23.9 Å². The average molecular weight is 231 g/mol. The molecule has 1 atom stereocenters. The second kappa shape index (κ2) is 4.30. The number of aromatic nitrogens is 1. The van der Waals surface area contributed by atoms with Gasteiger partial charge in [0.2, 0.25) is 0 Å². The maximum Gasteiger partial charge on any atom is 0.126 e. The van der Waals surface area contributed by atoms with Crippen molar-refractivity contribution in [1.29, 1.82) is 0 Å². The fraction of sp³-hybridized carbons (Fsp3) is 0.643. The van der Waals surface area contributed by atoms with Crippen molar-refractivity contribution in [3.63, 3.8) is 0 Å². The first-order chi connectivity index (χ1) is 8.26. The van der Waals surface area contributed by atoms with Crippen molar-refractivity contribution in [2.24, 2.45) is 0 Å². The molecule has 1 spiro atoms. The number of nitrogens with zero attached hydrogens (tertiary/aromatic N) is 1. The molecule has 0 aromatic carbocycles. The zero-order chi connectivity index (χ0) is 11.7. The molecule has 0 amide bonds. The molecule has 3 nitrogen and oxygen atoms in total. The summed E-state index contributed by atoms with van der Waals surface area (Å²) in [5.74, 6) is 1.02. The monoisotopic (exact) mass is 231 g/mol. The normalized spacial score (nSPS) is 26.5. The number of aryl methyl sites for hydroxylation is 1. The van der Waals surface area contributed by atoms with Gasteiger partial charge in [-0.3, -0.25) is 0 Å². The molecule has 1 saturated carbocycles. The third kappa shape index (κ3) is 2.29. The molecule has 2 heterocycles. The Balaban J connectivity index is 1.63. The number of rotatable bonds is 2. The quantitative estimate of drug-likeness (QED) is 0.821. The van der Waals surface area contributed by atoms with Crippen LogP contribution in [-0.4, -0.2) is 23.1 Å². The van der Waals surface area contributed by atoms with Gasteiger partial charge in [0.1, 0.15) is 5.82 Å². The highest BCUT2D eigenvalue weighted by Crippen LogP contribution is 2.38. The van der Waals surface area contributed by atoms with E-state index in [0.29, 0.717) is 11.6 Å². The predicted molar refractivity (Wildman–Crippen MR) is 70.2 cm³/mol. The third-order valence-electron chi connectivity index (χ3n) is 4.20. The van der Waals surface area contributed by atoms with Crippen LogP contribution in [0.25, 0.3) is 0 Å². The maximum absolute atomic E-state index is 4.43. The molecule has 17 heavy (non-hydrogen) atoms. The van der Waals surface area contributed by atoms with E-state index in [1.165, 1.54) is 37.7 Å². The Hall–Kier alpha value is -1.09. The minimum absolute atomic E-state index is 0.459. The Bertz CT molecular complexity index is 381. The summed E-state index contributed by atoms with van der Waals surface area (Å²) in [6, 6.07) is 4.80. The predicted octanol–water partition coefficient (Wildman–Crippen LogP) is 2.48. The molecule has 0 bridgehead atoms. The zero-order valence-electron chi connectivity index (χ0n) is 10.5. The van der Waals surface area contributed by atoms with E-state index in [-0.39, 0.29) is 0 Å². The number of hydrogen-bond acceptors (Lipinski definition) is 3. The molecule has 1 aromatic rings. The Morgan fingerprint density at radius 1 is 1.41 bits per heavy atom. The van der Waals surface area contributed by atoms with Crippen LogP contribution in [0.2, 0.25) is 0 Å². The van der Waals surface area contributed by atoms with Crippen LogP contribution in [0.5, 0.6) is 0 Å². The number of pyridine rings is 1. The van der Waals surface area contributed by atoms with Crippen molar-refractivity contribution >= 4 is 5.82 Å². The molecule has 2 aliphatic rings. The molecule has 1 saturated heterocycles. The Morgan fingerprint density at radius 2 is 2.29 bits per heavy atom. The lowest BCUT2D eigenvalue weighted by molar-refractivity contribution is 0.135. The standard InChI is InChI=1S/C14H21N3/c1-11-3-4-13(15-10-11)17-12-5-8-16-14(9-12)6-2-7-14/h3-4,10,12,16H,2,5-9H2,1H3,(H,15,17). The van der Waals surface area contributed by atoms with Crippen LogP contribution < -0.4 is 10.6 Å². The summed E-state index contributed by atoms with van der Waals surface area (Å²) in [7, 11) is 0. The first-order valence-corrected chi connectivity index (χ1v) is 6.70. The van der Waals surface area contributed by atoms with Gasteiger partial charge < -0.3 is 10.6 Å². The van der Waals surface area contributed by atoms with Crippen LogP contribution in [-0.2, 0) is 0 Å². The van der Waals surface area contributed by atoms with Crippen LogP contribution in [0.4, 0.5) is 5.82 Å². The number of nitrogens with one attached hydrogen (secondary N) is 2. The van der Waals surface area contributed by atoms with Crippen molar-refractivity contribution in [1.82, 2.24) is 10.3 Å². The molecule has 2 fully saturated rings. The molecule has 1 aliphatic heterocycles. The SMILES string of the molecule is Cc1ccc(NC2CCNC3(CCC3)C2)nc1. The van der Waals surface area contributed by atoms with Crippen molar-refractivity contribution in [2.75, 3.05) is 11.9 Å². The van der Waals surface area contributed by atoms with Gasteiger partial charge in [-0.1, -0.05) is 6.07 Å². The van der Waals surface area contributed by atoms with Crippen LogP contribution in [0.15, 0.2) is 18.3 Å². The summed E-state index contributed by atoms with van der Waals surface area (Å²) in [4.78, 5) is 4.43. The van der Waals surface area contributed by atoms with E-state index in [1.807, 2.05) is 6.20 Å². The van der Waals surface area contributed by atoms with Gasteiger partial charge in [0, 0.05) is 17.8 Å². The van der Waals surface area contributed by atoms with Crippen molar-refractivity contribution in [2.45, 2.75) is 50.6 Å². The molecule has 3 rings (SSSR count). The third-order valence-corrected chi connectivity index (χ3v) is 4.20. The van der Waals surface area contributed by atoms with E-state index >= 15 is 0 Å². The summed E-state index contributed by atoms with van der Waals surface area (Å²) in [5, 5.41) is 7.28. The van der Waals surface area contributed by atoms with Gasteiger partial charge in [0.25, 0.3) is 0 Å². The van der Waals surface area contributed by atoms with E-state index in [0.717, 1.165) is 12.4 Å². The lowest BCUT2D eigenvalue weighted by Gasteiger charge is -2.48. The Morgan fingerprint density at radius 3 is 2.94 bits per heavy atom. The van der Waals surface area contributed by atoms with Gasteiger partial charge in [-0.15, -0.1) is 0 Å². The van der Waals surface area contributed by atoms with E-state index < -0.39 is 0 Å². The lowest BCUT2D eigenvalue weighted by atomic mass is 9.70. The minimum Gasteiger partial charge on any atom is -0.367 e. The van der Waals surface area contributed by atoms with E-state index in [9.17, 15) is 0 Å². The second-order valence-electron chi connectivity index (χ2n) is 5.62. The zero-order valence-corrected chi connectivity index (χ0v) is 10.5. The summed E-state index contributed by atoms with van der Waals surface area (Å²) < 4.78 is 0. The first kappa shape index (κ1) is 11.0. The minimum atomic E-state index is 0.459. The van der Waals surface area contributed by atoms with Crippen LogP contribution >= 0.6 is 0 Å². The topological polar surface area (TPSA) is 37.0 Å². The van der Waals surface area contributed by atoms with Crippen molar-refractivity contribution < 1.29 is 0 Å². The van der Waals surface area contributed by atoms with E-state index in [1.54, 1.807) is 0 Å². The van der Waals surface area contributed by atoms with Crippen LogP contribution in [0.1, 0.15) is 37.7 Å². The fourth-order valence-corrected chi connectivity index (χ4v) is 3.03. The summed E-state index contributed by atoms with van der Waals surface area (Å²) in [6.45, 7) is 3.22. The Labute approximate surface area is 103 Å². The number of hydrogen-bond donors (Lipinski definition) is 2. The number of anilines is 1. The first-order valence-electron chi connectivity index (χ1n) is 6.70. The van der Waals surface area contributed by atoms with Gasteiger partial charge >= 0.3 is 0 Å². The molecular weight excluding hydrogens is 210 g/mol. The van der Waals surface area contributed by atoms with E-state index in [2.05, 4.69) is 34.7 Å². The number of piperidine rings is 1. The summed E-state index contributed by atoms with van der Waals surface area (Å²) in [5.41, 5.74) is 1.68. The molecule has 92 valence electrons. The largest absolute Gasteiger partial charge is 0.367 e. The smallest absolute Gasteiger partial charge is 0.126 e. The molecule has 3 heteroatoms. The Kier molecular flexibility index (Phi) is 2.79. The average Bonchev–Trinajstić information content (AvgIpc) is 2.31. The molecule has 1 unspecified atom stereocenters. The van der Waals surface area contributed by atoms with Gasteiger partial charge in [0.15, 0.2) is 0 Å². The highest BCUT2D eigenvalue weighted by molar-refractivity contribution is 5.36. The molecular formula is C14H21N3. The van der Waals surface area contributed by atoms with Crippen LogP contribution in [0.3, 0.4) is 0 Å². The van der Waals surface area contributed by atoms with Crippen molar-refractivity contribution in [3.8, 4) is 0 Å². The second-order valence-corrected chi connectivity index (χ2v) is 5.62. The molecule has 0 radical (unpaired) electrons. The van der Waals surface area contributed by atoms with Gasteiger partial charge in [-0.2, -0.15) is 0 Å². The van der Waals surface area contributed by atoms with Gasteiger partial charge in [-0.25, -0.2) is 4.98 Å². The fourth-order valence-electron chi connectivity index (χ4n) is 3.03. The summed E-state index contributed by atoms with van der Waals surface area (Å²) >= 11 is 0. The lowest BCUT2D eigenvalue weighted by Crippen LogP contribution is -2.58. The molecule has 2 N–H and O–H groups in total. The molecule has 1 aliphatic carbocycles. The molecule has 1 aromatic heterocycles. The van der Waals surface area contributed by atoms with Gasteiger partial charge in [0.05, 0.1) is 0 Å². The van der Waals surface area contributed by atoms with Crippen LogP contribution in [0, 0.1) is 6.92 Å². The van der Waals surface area contributed by atoms with E-state index in [4.69, 9.17) is 0 Å². The highest BCUT2D eigenvalue weighted by atomic mass is 15.1. The maximum atomic E-state index is 4.43. The highest BCUT2D eigenvalue weighted by Gasteiger charge is 2.40. The summed E-state index contributed by atoms with van der Waals surface area (Å²) in [6.07, 6.45) is 8.49. The van der Waals surface area contributed by atoms with Gasteiger partial charge in [-0.05, 0) is 57.2 Å².